The average Bonchev–Trinajstić information content (AvgIpc) is 3.18. The smallest absolute Gasteiger partial charge is 0.190 e. The first-order valence-corrected chi connectivity index (χ1v) is 9.75. The Kier molecular flexibility index (Phi) is 5.60. The summed E-state index contributed by atoms with van der Waals surface area (Å²) in [4.78, 5) is 12.9. The SMILES string of the molecule is CC1(C)O[C@H]2O[C@H](C(=O)CCc3ccccc3)[C@H](OCc3ccccc3)[C@H]2O1. The fourth-order valence-electron chi connectivity index (χ4n) is 3.74. The molecule has 28 heavy (non-hydrogen) atoms. The van der Waals surface area contributed by atoms with Crippen LogP contribution in [0.15, 0.2) is 60.7 Å². The number of ether oxygens (including phenoxy) is 4. The lowest BCUT2D eigenvalue weighted by Gasteiger charge is -2.25. The maximum atomic E-state index is 12.9. The zero-order valence-corrected chi connectivity index (χ0v) is 16.2. The van der Waals surface area contributed by atoms with Crippen molar-refractivity contribution in [3.8, 4) is 0 Å². The van der Waals surface area contributed by atoms with E-state index in [0.717, 1.165) is 11.1 Å². The minimum Gasteiger partial charge on any atom is -0.367 e. The van der Waals surface area contributed by atoms with E-state index < -0.39 is 30.4 Å². The molecule has 0 amide bonds. The van der Waals surface area contributed by atoms with Crippen molar-refractivity contribution in [1.82, 2.24) is 0 Å². The zero-order valence-electron chi connectivity index (χ0n) is 16.2. The highest BCUT2D eigenvalue weighted by atomic mass is 16.8. The van der Waals surface area contributed by atoms with Crippen LogP contribution in [0.1, 0.15) is 31.4 Å². The molecule has 0 aromatic heterocycles. The lowest BCUT2D eigenvalue weighted by atomic mass is 10.0. The second-order valence-corrected chi connectivity index (χ2v) is 7.74. The van der Waals surface area contributed by atoms with Crippen LogP contribution in [0.2, 0.25) is 0 Å². The van der Waals surface area contributed by atoms with Gasteiger partial charge < -0.3 is 18.9 Å². The number of Topliss-reactive ketones (excluding diaryl/α,β-unsaturated/α-hetero) is 1. The first-order valence-electron chi connectivity index (χ1n) is 9.75. The molecule has 2 aliphatic rings. The van der Waals surface area contributed by atoms with Crippen LogP contribution in [-0.4, -0.2) is 36.2 Å². The van der Waals surface area contributed by atoms with Crippen molar-refractivity contribution >= 4 is 5.78 Å². The Morgan fingerprint density at radius 1 is 0.964 bits per heavy atom. The molecule has 2 fully saturated rings. The van der Waals surface area contributed by atoms with Gasteiger partial charge in [-0.15, -0.1) is 0 Å². The van der Waals surface area contributed by atoms with E-state index in [4.69, 9.17) is 18.9 Å². The highest BCUT2D eigenvalue weighted by Gasteiger charge is 2.57. The van der Waals surface area contributed by atoms with E-state index in [1.54, 1.807) is 0 Å². The molecule has 0 radical (unpaired) electrons. The largest absolute Gasteiger partial charge is 0.367 e. The van der Waals surface area contributed by atoms with Crippen LogP contribution >= 0.6 is 0 Å². The fourth-order valence-corrected chi connectivity index (χ4v) is 3.74. The fraction of sp³-hybridized carbons (Fsp3) is 0.435. The highest BCUT2D eigenvalue weighted by molar-refractivity contribution is 5.84. The van der Waals surface area contributed by atoms with E-state index in [2.05, 4.69) is 0 Å². The number of ketones is 1. The molecule has 0 bridgehead atoms. The number of hydrogen-bond acceptors (Lipinski definition) is 5. The number of benzene rings is 2. The van der Waals surface area contributed by atoms with Crippen molar-refractivity contribution in [3.63, 3.8) is 0 Å². The third kappa shape index (κ3) is 4.33. The van der Waals surface area contributed by atoms with Crippen LogP contribution in [0.5, 0.6) is 0 Å². The maximum Gasteiger partial charge on any atom is 0.190 e. The van der Waals surface area contributed by atoms with Gasteiger partial charge in [-0.1, -0.05) is 60.7 Å². The highest BCUT2D eigenvalue weighted by Crippen LogP contribution is 2.39. The van der Waals surface area contributed by atoms with Crippen LogP contribution in [0, 0.1) is 0 Å². The molecule has 2 heterocycles. The van der Waals surface area contributed by atoms with Gasteiger partial charge in [-0.05, 0) is 31.4 Å². The quantitative estimate of drug-likeness (QED) is 0.732. The van der Waals surface area contributed by atoms with Gasteiger partial charge in [0.2, 0.25) is 0 Å². The number of carbonyl (C=O) groups is 1. The van der Waals surface area contributed by atoms with E-state index >= 15 is 0 Å². The van der Waals surface area contributed by atoms with Crippen LogP contribution < -0.4 is 0 Å². The Morgan fingerprint density at radius 3 is 2.29 bits per heavy atom. The van der Waals surface area contributed by atoms with Gasteiger partial charge in [0.25, 0.3) is 0 Å². The molecule has 0 aliphatic carbocycles. The minimum absolute atomic E-state index is 0.0151. The molecule has 5 nitrogen and oxygen atoms in total. The summed E-state index contributed by atoms with van der Waals surface area (Å²) in [6.07, 6.45) is -1.10. The molecule has 4 rings (SSSR count). The van der Waals surface area contributed by atoms with Gasteiger partial charge in [-0.3, -0.25) is 4.79 Å². The van der Waals surface area contributed by atoms with Gasteiger partial charge in [0.05, 0.1) is 6.61 Å². The number of aryl methyl sites for hydroxylation is 1. The molecular weight excluding hydrogens is 356 g/mol. The Balaban J connectivity index is 1.44. The van der Waals surface area contributed by atoms with Crippen molar-refractivity contribution in [1.29, 1.82) is 0 Å². The second kappa shape index (κ2) is 8.13. The van der Waals surface area contributed by atoms with Gasteiger partial charge in [0.1, 0.15) is 18.3 Å². The van der Waals surface area contributed by atoms with E-state index in [9.17, 15) is 4.79 Å². The van der Waals surface area contributed by atoms with Crippen molar-refractivity contribution in [2.75, 3.05) is 0 Å². The number of hydrogen-bond donors (Lipinski definition) is 0. The first-order chi connectivity index (χ1) is 13.5. The number of rotatable bonds is 7. The molecule has 5 heteroatoms. The van der Waals surface area contributed by atoms with Crippen LogP contribution in [0.3, 0.4) is 0 Å². The average molecular weight is 382 g/mol. The topological polar surface area (TPSA) is 54.0 Å². The van der Waals surface area contributed by atoms with Gasteiger partial charge in [0.15, 0.2) is 17.9 Å². The maximum absolute atomic E-state index is 12.9. The third-order valence-corrected chi connectivity index (χ3v) is 5.10. The normalized spacial score (nSPS) is 28.2. The summed E-state index contributed by atoms with van der Waals surface area (Å²) in [5.41, 5.74) is 2.17. The van der Waals surface area contributed by atoms with E-state index in [0.29, 0.717) is 19.4 Å². The van der Waals surface area contributed by atoms with Crippen molar-refractivity contribution in [3.05, 3.63) is 71.8 Å². The van der Waals surface area contributed by atoms with Crippen LogP contribution in [0.25, 0.3) is 0 Å². The molecule has 0 unspecified atom stereocenters. The van der Waals surface area contributed by atoms with Crippen molar-refractivity contribution in [2.24, 2.45) is 0 Å². The Hall–Kier alpha value is -2.05. The van der Waals surface area contributed by atoms with E-state index in [1.165, 1.54) is 0 Å². The van der Waals surface area contributed by atoms with Crippen LogP contribution in [0.4, 0.5) is 0 Å². The summed E-state index contributed by atoms with van der Waals surface area (Å²) in [7, 11) is 0. The molecule has 2 aliphatic heterocycles. The summed E-state index contributed by atoms with van der Waals surface area (Å²) in [5.74, 6) is -0.733. The zero-order chi connectivity index (χ0) is 19.6. The number of fused-ring (bicyclic) bond motifs is 1. The summed E-state index contributed by atoms with van der Waals surface area (Å²) in [6.45, 7) is 4.08. The molecule has 2 aromatic rings. The van der Waals surface area contributed by atoms with Gasteiger partial charge in [-0.2, -0.15) is 0 Å². The Bertz CT molecular complexity index is 789. The van der Waals surface area contributed by atoms with Crippen molar-refractivity contribution in [2.45, 2.75) is 63.7 Å². The Morgan fingerprint density at radius 2 is 1.61 bits per heavy atom. The molecule has 0 spiro atoms. The monoisotopic (exact) mass is 382 g/mol. The molecule has 4 atom stereocenters. The number of carbonyl (C=O) groups excluding carboxylic acids is 1. The summed E-state index contributed by atoms with van der Waals surface area (Å²) >= 11 is 0. The molecule has 2 saturated heterocycles. The second-order valence-electron chi connectivity index (χ2n) is 7.74. The molecule has 0 saturated carbocycles. The molecule has 0 N–H and O–H groups in total. The molecule has 2 aromatic carbocycles. The lowest BCUT2D eigenvalue weighted by Crippen LogP contribution is -2.40. The Labute approximate surface area is 165 Å². The van der Waals surface area contributed by atoms with Gasteiger partial charge >= 0.3 is 0 Å². The van der Waals surface area contributed by atoms with Gasteiger partial charge in [-0.25, -0.2) is 0 Å². The molecular formula is C23H26O5. The van der Waals surface area contributed by atoms with Crippen molar-refractivity contribution < 1.29 is 23.7 Å². The standard InChI is InChI=1S/C23H26O5/c1-23(2)27-21-20(25-15-17-11-7-4-8-12-17)19(26-22(21)28-23)18(24)14-13-16-9-5-3-6-10-16/h3-12,19-22H,13-15H2,1-2H3/t19-,20+,21-,22-/m1/s1. The van der Waals surface area contributed by atoms with Crippen LogP contribution in [-0.2, 0) is 36.8 Å². The predicted octanol–water partition coefficient (Wildman–Crippen LogP) is 3.65. The van der Waals surface area contributed by atoms with E-state index in [-0.39, 0.29) is 5.78 Å². The molecule has 148 valence electrons. The third-order valence-electron chi connectivity index (χ3n) is 5.10. The minimum atomic E-state index is -0.748. The summed E-state index contributed by atoms with van der Waals surface area (Å²) in [5, 5.41) is 0. The van der Waals surface area contributed by atoms with E-state index in [1.807, 2.05) is 74.5 Å². The first kappa shape index (κ1) is 19.3. The van der Waals surface area contributed by atoms with Gasteiger partial charge in [0, 0.05) is 6.42 Å². The summed E-state index contributed by atoms with van der Waals surface area (Å²) < 4.78 is 23.9. The predicted molar refractivity (Wildman–Crippen MR) is 103 cm³/mol. The summed E-state index contributed by atoms with van der Waals surface area (Å²) in [6, 6.07) is 19.9. The lowest BCUT2D eigenvalue weighted by molar-refractivity contribution is -0.218.